The Bertz CT molecular complexity index is 743. The van der Waals surface area contributed by atoms with Crippen molar-refractivity contribution < 1.29 is 13.9 Å². The quantitative estimate of drug-likeness (QED) is 0.819. The molecule has 1 heterocycles. The van der Waals surface area contributed by atoms with Gasteiger partial charge in [-0.2, -0.15) is 0 Å². The van der Waals surface area contributed by atoms with Gasteiger partial charge < -0.3 is 14.5 Å². The molecular weight excluding hydrogens is 331 g/mol. The molecule has 0 aromatic heterocycles. The Labute approximate surface area is 154 Å². The topological polar surface area (TPSA) is 32.8 Å². The lowest BCUT2D eigenvalue weighted by molar-refractivity contribution is -0.133. The monoisotopic (exact) mass is 356 g/mol. The maximum absolute atomic E-state index is 13.6. The summed E-state index contributed by atoms with van der Waals surface area (Å²) < 4.78 is 19.0. The Balaban J connectivity index is 1.68. The zero-order valence-corrected chi connectivity index (χ0v) is 15.3. The van der Waals surface area contributed by atoms with Crippen LogP contribution in [0.4, 0.5) is 10.1 Å². The predicted octanol–water partition coefficient (Wildman–Crippen LogP) is 3.68. The summed E-state index contributed by atoms with van der Waals surface area (Å²) in [6.07, 6.45) is 0.779. The number of anilines is 1. The summed E-state index contributed by atoms with van der Waals surface area (Å²) in [4.78, 5) is 17.0. The second-order valence-electron chi connectivity index (χ2n) is 6.50. The van der Waals surface area contributed by atoms with Crippen LogP contribution in [0, 0.1) is 5.82 Å². The van der Waals surface area contributed by atoms with E-state index >= 15 is 0 Å². The number of hydrogen-bond donors (Lipinski definition) is 0. The Morgan fingerprint density at radius 1 is 1.12 bits per heavy atom. The molecule has 2 aromatic carbocycles. The van der Waals surface area contributed by atoms with Gasteiger partial charge in [-0.25, -0.2) is 4.39 Å². The second-order valence-corrected chi connectivity index (χ2v) is 6.50. The number of carbonyl (C=O) groups excluding carboxylic acids is 1. The molecule has 0 spiro atoms. The van der Waals surface area contributed by atoms with Crippen LogP contribution in [0.15, 0.2) is 48.5 Å². The van der Waals surface area contributed by atoms with Crippen molar-refractivity contribution in [2.24, 2.45) is 0 Å². The van der Waals surface area contributed by atoms with Crippen molar-refractivity contribution >= 4 is 11.6 Å². The molecular formula is C21H25FN2O2. The van der Waals surface area contributed by atoms with Crippen molar-refractivity contribution in [1.29, 1.82) is 0 Å². The number of amides is 1. The number of benzene rings is 2. The van der Waals surface area contributed by atoms with Crippen LogP contribution in [0.25, 0.3) is 0 Å². The molecule has 0 saturated carbocycles. The SMILES string of the molecule is CCC(C(=O)N1CCN(c2cc(F)ccc2OC)CC1)c1ccccc1. The molecule has 138 valence electrons. The van der Waals surface area contributed by atoms with E-state index in [0.717, 1.165) is 17.7 Å². The fourth-order valence-electron chi connectivity index (χ4n) is 3.54. The van der Waals surface area contributed by atoms with E-state index in [2.05, 4.69) is 4.90 Å². The second kappa shape index (κ2) is 8.21. The van der Waals surface area contributed by atoms with Gasteiger partial charge in [0.1, 0.15) is 11.6 Å². The van der Waals surface area contributed by atoms with Crippen LogP contribution in [-0.4, -0.2) is 44.1 Å². The van der Waals surface area contributed by atoms with Gasteiger partial charge in [0.05, 0.1) is 18.7 Å². The first-order chi connectivity index (χ1) is 12.6. The number of carbonyl (C=O) groups is 1. The number of halogens is 1. The van der Waals surface area contributed by atoms with Crippen LogP contribution >= 0.6 is 0 Å². The standard InChI is InChI=1S/C21H25FN2O2/c1-3-18(16-7-5-4-6-8-16)21(25)24-13-11-23(12-14-24)19-15-17(22)9-10-20(19)26-2/h4-10,15,18H,3,11-14H2,1-2H3. The number of methoxy groups -OCH3 is 1. The van der Waals surface area contributed by atoms with Crippen molar-refractivity contribution in [3.63, 3.8) is 0 Å². The van der Waals surface area contributed by atoms with Gasteiger partial charge in [0.15, 0.2) is 0 Å². The van der Waals surface area contributed by atoms with Gasteiger partial charge in [0.2, 0.25) is 5.91 Å². The molecule has 0 radical (unpaired) electrons. The van der Waals surface area contributed by atoms with E-state index in [1.54, 1.807) is 13.2 Å². The molecule has 1 amide bonds. The molecule has 0 bridgehead atoms. The van der Waals surface area contributed by atoms with Crippen molar-refractivity contribution in [1.82, 2.24) is 4.90 Å². The summed E-state index contributed by atoms with van der Waals surface area (Å²) in [6, 6.07) is 14.5. The van der Waals surface area contributed by atoms with Crippen molar-refractivity contribution in [2.75, 3.05) is 38.2 Å². The van der Waals surface area contributed by atoms with E-state index in [1.165, 1.54) is 12.1 Å². The van der Waals surface area contributed by atoms with Crippen molar-refractivity contribution in [3.8, 4) is 5.75 Å². The van der Waals surface area contributed by atoms with E-state index in [4.69, 9.17) is 4.74 Å². The molecule has 3 rings (SSSR count). The highest BCUT2D eigenvalue weighted by atomic mass is 19.1. The molecule has 0 N–H and O–H groups in total. The largest absolute Gasteiger partial charge is 0.495 e. The van der Waals surface area contributed by atoms with Gasteiger partial charge in [-0.3, -0.25) is 4.79 Å². The highest BCUT2D eigenvalue weighted by Gasteiger charge is 2.28. The molecule has 4 nitrogen and oxygen atoms in total. The third-order valence-electron chi connectivity index (χ3n) is 4.98. The molecule has 1 atom stereocenters. The van der Waals surface area contributed by atoms with Gasteiger partial charge in [0, 0.05) is 32.2 Å². The van der Waals surface area contributed by atoms with E-state index < -0.39 is 0 Å². The normalized spacial score (nSPS) is 15.7. The van der Waals surface area contributed by atoms with E-state index in [1.807, 2.05) is 42.2 Å². The smallest absolute Gasteiger partial charge is 0.230 e. The van der Waals surface area contributed by atoms with Crippen LogP contribution < -0.4 is 9.64 Å². The molecule has 1 saturated heterocycles. The lowest BCUT2D eigenvalue weighted by atomic mass is 9.95. The molecule has 5 heteroatoms. The average molecular weight is 356 g/mol. The summed E-state index contributed by atoms with van der Waals surface area (Å²) in [5, 5.41) is 0. The molecule has 26 heavy (non-hydrogen) atoms. The molecule has 1 fully saturated rings. The van der Waals surface area contributed by atoms with Gasteiger partial charge in [0.25, 0.3) is 0 Å². The summed E-state index contributed by atoms with van der Waals surface area (Å²) in [5.74, 6) is 0.437. The summed E-state index contributed by atoms with van der Waals surface area (Å²) >= 11 is 0. The minimum atomic E-state index is -0.283. The number of ether oxygens (including phenoxy) is 1. The lowest BCUT2D eigenvalue weighted by Gasteiger charge is -2.38. The van der Waals surface area contributed by atoms with Crippen molar-refractivity contribution in [2.45, 2.75) is 19.3 Å². The van der Waals surface area contributed by atoms with Crippen LogP contribution in [0.3, 0.4) is 0 Å². The number of nitrogens with zero attached hydrogens (tertiary/aromatic N) is 2. The summed E-state index contributed by atoms with van der Waals surface area (Å²) in [7, 11) is 1.59. The van der Waals surface area contributed by atoms with Gasteiger partial charge in [-0.1, -0.05) is 37.3 Å². The number of piperazine rings is 1. The average Bonchev–Trinajstić information content (AvgIpc) is 2.69. The molecule has 1 aliphatic heterocycles. The van der Waals surface area contributed by atoms with Gasteiger partial charge in [-0.05, 0) is 24.1 Å². The minimum absolute atomic E-state index is 0.105. The van der Waals surface area contributed by atoms with E-state index in [9.17, 15) is 9.18 Å². The highest BCUT2D eigenvalue weighted by molar-refractivity contribution is 5.84. The Hall–Kier alpha value is -2.56. The zero-order valence-electron chi connectivity index (χ0n) is 15.3. The van der Waals surface area contributed by atoms with Crippen LogP contribution in [0.1, 0.15) is 24.8 Å². The molecule has 1 unspecified atom stereocenters. The first-order valence-corrected chi connectivity index (χ1v) is 9.06. The molecule has 0 aliphatic carbocycles. The number of rotatable bonds is 5. The predicted molar refractivity (Wildman–Crippen MR) is 101 cm³/mol. The lowest BCUT2D eigenvalue weighted by Crippen LogP contribution is -2.50. The third kappa shape index (κ3) is 3.82. The highest BCUT2D eigenvalue weighted by Crippen LogP contribution is 2.30. The molecule has 2 aromatic rings. The zero-order chi connectivity index (χ0) is 18.5. The van der Waals surface area contributed by atoms with Crippen molar-refractivity contribution in [3.05, 3.63) is 59.9 Å². The molecule has 1 aliphatic rings. The van der Waals surface area contributed by atoms with Crippen LogP contribution in [-0.2, 0) is 4.79 Å². The van der Waals surface area contributed by atoms with Crippen LogP contribution in [0.5, 0.6) is 5.75 Å². The summed E-state index contributed by atoms with van der Waals surface area (Å²) in [6.45, 7) is 4.63. The first-order valence-electron chi connectivity index (χ1n) is 9.06. The minimum Gasteiger partial charge on any atom is -0.495 e. The Morgan fingerprint density at radius 2 is 1.81 bits per heavy atom. The van der Waals surface area contributed by atoms with Crippen LogP contribution in [0.2, 0.25) is 0 Å². The van der Waals surface area contributed by atoms with Gasteiger partial charge in [-0.15, -0.1) is 0 Å². The summed E-state index contributed by atoms with van der Waals surface area (Å²) in [5.41, 5.74) is 1.81. The maximum atomic E-state index is 13.6. The Morgan fingerprint density at radius 3 is 2.42 bits per heavy atom. The van der Waals surface area contributed by atoms with E-state index in [-0.39, 0.29) is 17.6 Å². The Kier molecular flexibility index (Phi) is 5.76. The van der Waals surface area contributed by atoms with Gasteiger partial charge >= 0.3 is 0 Å². The van der Waals surface area contributed by atoms with E-state index in [0.29, 0.717) is 31.9 Å². The maximum Gasteiger partial charge on any atom is 0.230 e. The third-order valence-corrected chi connectivity index (χ3v) is 4.98. The fourth-order valence-corrected chi connectivity index (χ4v) is 3.54. The number of hydrogen-bond acceptors (Lipinski definition) is 3. The fraction of sp³-hybridized carbons (Fsp3) is 0.381. The first kappa shape index (κ1) is 18.2.